The number of rotatable bonds is 2. The molecule has 0 aliphatic carbocycles. The number of nitrogens with zero attached hydrogens (tertiary/aromatic N) is 1. The molecule has 1 aliphatic heterocycles. The van der Waals surface area contributed by atoms with Crippen molar-refractivity contribution in [2.75, 3.05) is 13.1 Å². The molecule has 0 spiro atoms. The molecular weight excluding hydrogens is 244 g/mol. The number of aromatic nitrogens is 1. The van der Waals surface area contributed by atoms with Gasteiger partial charge < -0.3 is 9.88 Å². The quantitative estimate of drug-likeness (QED) is 0.882. The zero-order valence-electron chi connectivity index (χ0n) is 10.9. The second-order valence-electron chi connectivity index (χ2n) is 5.18. The summed E-state index contributed by atoms with van der Waals surface area (Å²) in [5, 5.41) is 4.88. The molecule has 3 heteroatoms. The fourth-order valence-electron chi connectivity index (χ4n) is 2.99. The third-order valence-electron chi connectivity index (χ3n) is 3.95. The van der Waals surface area contributed by atoms with Gasteiger partial charge in [-0.3, -0.25) is 0 Å². The van der Waals surface area contributed by atoms with Crippen molar-refractivity contribution >= 4 is 23.3 Å². The third kappa shape index (κ3) is 2.55. The molecule has 3 rings (SSSR count). The standard InChI is InChI=1S/C15H20N2.ClH/c1-17-11-13(10-12-6-8-16-9-7-12)14-4-2-3-5-15(14)17;/h2-5,11-12,16H,6-10H2,1H3;1H. The first-order chi connectivity index (χ1) is 8.34. The molecule has 18 heavy (non-hydrogen) atoms. The molecule has 0 bridgehead atoms. The number of benzene rings is 1. The zero-order chi connectivity index (χ0) is 11.7. The smallest absolute Gasteiger partial charge is 0.0480 e. The second-order valence-corrected chi connectivity index (χ2v) is 5.18. The number of nitrogens with one attached hydrogen (secondary N) is 1. The van der Waals surface area contributed by atoms with Crippen LogP contribution in [0, 0.1) is 5.92 Å². The molecule has 0 amide bonds. The van der Waals surface area contributed by atoms with Crippen LogP contribution in [-0.4, -0.2) is 17.7 Å². The van der Waals surface area contributed by atoms with Gasteiger partial charge >= 0.3 is 0 Å². The van der Waals surface area contributed by atoms with Crippen LogP contribution in [0.15, 0.2) is 30.5 Å². The van der Waals surface area contributed by atoms with Crippen LogP contribution in [0.3, 0.4) is 0 Å². The van der Waals surface area contributed by atoms with Gasteiger partial charge in [0.1, 0.15) is 0 Å². The molecule has 1 N–H and O–H groups in total. The molecule has 0 radical (unpaired) electrons. The van der Waals surface area contributed by atoms with Crippen LogP contribution in [0.2, 0.25) is 0 Å². The average Bonchev–Trinajstić information content (AvgIpc) is 2.69. The lowest BCUT2D eigenvalue weighted by atomic mass is 9.91. The molecule has 1 aliphatic rings. The van der Waals surface area contributed by atoms with Gasteiger partial charge in [0.15, 0.2) is 0 Å². The summed E-state index contributed by atoms with van der Waals surface area (Å²) in [5.74, 6) is 0.863. The summed E-state index contributed by atoms with van der Waals surface area (Å²) in [6.45, 7) is 2.38. The van der Waals surface area contributed by atoms with Crippen molar-refractivity contribution in [1.29, 1.82) is 0 Å². The van der Waals surface area contributed by atoms with Crippen molar-refractivity contribution in [1.82, 2.24) is 9.88 Å². The Hall–Kier alpha value is -0.990. The molecule has 2 nitrogen and oxygen atoms in total. The van der Waals surface area contributed by atoms with Crippen molar-refractivity contribution in [2.24, 2.45) is 13.0 Å². The van der Waals surface area contributed by atoms with Gasteiger partial charge in [0.25, 0.3) is 0 Å². The van der Waals surface area contributed by atoms with Gasteiger partial charge in [-0.25, -0.2) is 0 Å². The summed E-state index contributed by atoms with van der Waals surface area (Å²) in [7, 11) is 2.15. The predicted molar refractivity (Wildman–Crippen MR) is 79.5 cm³/mol. The van der Waals surface area contributed by atoms with Crippen molar-refractivity contribution in [3.05, 3.63) is 36.0 Å². The number of fused-ring (bicyclic) bond motifs is 1. The van der Waals surface area contributed by atoms with E-state index < -0.39 is 0 Å². The van der Waals surface area contributed by atoms with Crippen LogP contribution in [0.4, 0.5) is 0 Å². The molecule has 1 aromatic heterocycles. The van der Waals surface area contributed by atoms with E-state index in [9.17, 15) is 0 Å². The van der Waals surface area contributed by atoms with Gasteiger partial charge in [0.05, 0.1) is 0 Å². The van der Waals surface area contributed by atoms with Crippen molar-refractivity contribution in [3.63, 3.8) is 0 Å². The van der Waals surface area contributed by atoms with E-state index in [0.717, 1.165) is 5.92 Å². The van der Waals surface area contributed by atoms with E-state index in [-0.39, 0.29) is 12.4 Å². The predicted octanol–water partition coefficient (Wildman–Crippen LogP) is 3.14. The molecule has 1 aromatic carbocycles. The minimum Gasteiger partial charge on any atom is -0.350 e. The number of halogens is 1. The minimum absolute atomic E-state index is 0. The molecule has 1 fully saturated rings. The zero-order valence-corrected chi connectivity index (χ0v) is 11.7. The van der Waals surface area contributed by atoms with Gasteiger partial charge in [0, 0.05) is 24.1 Å². The van der Waals surface area contributed by atoms with Crippen LogP contribution in [0.5, 0.6) is 0 Å². The lowest BCUT2D eigenvalue weighted by molar-refractivity contribution is 0.373. The number of aryl methyl sites for hydroxylation is 1. The number of hydrogen-bond acceptors (Lipinski definition) is 1. The van der Waals surface area contributed by atoms with E-state index in [1.165, 1.54) is 48.8 Å². The molecule has 0 atom stereocenters. The van der Waals surface area contributed by atoms with Gasteiger partial charge in [-0.2, -0.15) is 0 Å². The SMILES string of the molecule is Cl.Cn1cc(CC2CCNCC2)c2ccccc21. The van der Waals surface area contributed by atoms with E-state index >= 15 is 0 Å². The van der Waals surface area contributed by atoms with Gasteiger partial charge in [-0.1, -0.05) is 18.2 Å². The first-order valence-corrected chi connectivity index (χ1v) is 6.58. The van der Waals surface area contributed by atoms with Crippen molar-refractivity contribution < 1.29 is 0 Å². The molecular formula is C15H21ClN2. The lowest BCUT2D eigenvalue weighted by Gasteiger charge is -2.22. The van der Waals surface area contributed by atoms with Crippen LogP contribution in [0.25, 0.3) is 10.9 Å². The normalized spacial score (nSPS) is 16.7. The number of piperidine rings is 1. The van der Waals surface area contributed by atoms with Crippen LogP contribution < -0.4 is 5.32 Å². The number of para-hydroxylation sites is 1. The van der Waals surface area contributed by atoms with Gasteiger partial charge in [-0.05, 0) is 49.9 Å². The molecule has 0 unspecified atom stereocenters. The summed E-state index contributed by atoms with van der Waals surface area (Å²) in [5.41, 5.74) is 2.88. The minimum atomic E-state index is 0. The summed E-state index contributed by atoms with van der Waals surface area (Å²) in [6.07, 6.45) is 6.20. The average molecular weight is 265 g/mol. The highest BCUT2D eigenvalue weighted by Crippen LogP contribution is 2.25. The molecule has 1 saturated heterocycles. The molecule has 0 saturated carbocycles. The van der Waals surface area contributed by atoms with E-state index in [2.05, 4.69) is 47.4 Å². The van der Waals surface area contributed by atoms with Gasteiger partial charge in [-0.15, -0.1) is 12.4 Å². The highest BCUT2D eigenvalue weighted by atomic mass is 35.5. The summed E-state index contributed by atoms with van der Waals surface area (Å²) >= 11 is 0. The van der Waals surface area contributed by atoms with Gasteiger partial charge in [0.2, 0.25) is 0 Å². The van der Waals surface area contributed by atoms with E-state index in [1.54, 1.807) is 0 Å². The first kappa shape index (κ1) is 13.4. The third-order valence-corrected chi connectivity index (χ3v) is 3.95. The molecule has 2 aromatic rings. The maximum Gasteiger partial charge on any atom is 0.0480 e. The summed E-state index contributed by atoms with van der Waals surface area (Å²) < 4.78 is 2.26. The lowest BCUT2D eigenvalue weighted by Crippen LogP contribution is -2.28. The van der Waals surface area contributed by atoms with Crippen molar-refractivity contribution in [2.45, 2.75) is 19.3 Å². The Bertz CT molecular complexity index is 512. The monoisotopic (exact) mass is 264 g/mol. The number of hydrogen-bond donors (Lipinski definition) is 1. The second kappa shape index (κ2) is 5.77. The fourth-order valence-corrected chi connectivity index (χ4v) is 2.99. The Morgan fingerprint density at radius 2 is 1.94 bits per heavy atom. The summed E-state index contributed by atoms with van der Waals surface area (Å²) in [4.78, 5) is 0. The topological polar surface area (TPSA) is 17.0 Å². The largest absolute Gasteiger partial charge is 0.350 e. The highest BCUT2D eigenvalue weighted by Gasteiger charge is 2.15. The Balaban J connectivity index is 0.00000120. The Morgan fingerprint density at radius 3 is 2.72 bits per heavy atom. The molecule has 2 heterocycles. The van der Waals surface area contributed by atoms with E-state index in [1.807, 2.05) is 0 Å². The van der Waals surface area contributed by atoms with Crippen LogP contribution >= 0.6 is 12.4 Å². The molecule has 98 valence electrons. The van der Waals surface area contributed by atoms with Crippen molar-refractivity contribution in [3.8, 4) is 0 Å². The Kier molecular flexibility index (Phi) is 4.31. The highest BCUT2D eigenvalue weighted by molar-refractivity contribution is 5.85. The van der Waals surface area contributed by atoms with E-state index in [4.69, 9.17) is 0 Å². The fraction of sp³-hybridized carbons (Fsp3) is 0.467. The maximum atomic E-state index is 3.44. The Labute approximate surface area is 115 Å². The summed E-state index contributed by atoms with van der Waals surface area (Å²) in [6, 6.07) is 8.73. The Morgan fingerprint density at radius 1 is 1.22 bits per heavy atom. The van der Waals surface area contributed by atoms with Crippen LogP contribution in [-0.2, 0) is 13.5 Å². The van der Waals surface area contributed by atoms with E-state index in [0.29, 0.717) is 0 Å². The first-order valence-electron chi connectivity index (χ1n) is 6.58. The maximum absolute atomic E-state index is 3.44. The van der Waals surface area contributed by atoms with Crippen LogP contribution in [0.1, 0.15) is 18.4 Å².